The van der Waals surface area contributed by atoms with E-state index in [1.54, 1.807) is 0 Å². The van der Waals surface area contributed by atoms with Crippen LogP contribution < -0.4 is 5.32 Å². The zero-order valence-corrected chi connectivity index (χ0v) is 11.5. The summed E-state index contributed by atoms with van der Waals surface area (Å²) in [5, 5.41) is 7.38. The number of aromatic nitrogens is 2. The van der Waals surface area contributed by atoms with Gasteiger partial charge >= 0.3 is 0 Å². The molecule has 5 nitrogen and oxygen atoms in total. The number of hydrogen-bond donors (Lipinski definition) is 1. The third-order valence-corrected chi connectivity index (χ3v) is 3.47. The molecule has 0 aliphatic carbocycles. The highest BCUT2D eigenvalue weighted by atomic mass is 16.5. The van der Waals surface area contributed by atoms with Gasteiger partial charge in [-0.2, -0.15) is 4.98 Å². The standard InChI is InChI=1S/C13H24N4O/c1-3-12-15-13(18-16-12)10-17-7-5-6-11(9-17)8-14-4-2/h11,14H,3-10H2,1-2H3. The summed E-state index contributed by atoms with van der Waals surface area (Å²) >= 11 is 0. The van der Waals surface area contributed by atoms with E-state index in [1.165, 1.54) is 12.8 Å². The smallest absolute Gasteiger partial charge is 0.240 e. The van der Waals surface area contributed by atoms with Gasteiger partial charge in [0.1, 0.15) is 0 Å². The summed E-state index contributed by atoms with van der Waals surface area (Å²) in [5.41, 5.74) is 0. The Kier molecular flexibility index (Phi) is 5.13. The molecule has 0 saturated carbocycles. The van der Waals surface area contributed by atoms with Crippen molar-refractivity contribution in [2.75, 3.05) is 26.2 Å². The van der Waals surface area contributed by atoms with Gasteiger partial charge in [0.2, 0.25) is 5.89 Å². The molecule has 2 rings (SSSR count). The Morgan fingerprint density at radius 3 is 3.06 bits per heavy atom. The van der Waals surface area contributed by atoms with Crippen LogP contribution in [0.3, 0.4) is 0 Å². The number of nitrogens with zero attached hydrogens (tertiary/aromatic N) is 3. The predicted molar refractivity (Wildman–Crippen MR) is 70.2 cm³/mol. The van der Waals surface area contributed by atoms with Crippen molar-refractivity contribution >= 4 is 0 Å². The normalized spacial score (nSPS) is 21.3. The van der Waals surface area contributed by atoms with Gasteiger partial charge in [-0.1, -0.05) is 19.0 Å². The topological polar surface area (TPSA) is 54.2 Å². The zero-order valence-electron chi connectivity index (χ0n) is 11.5. The molecule has 0 amide bonds. The number of likely N-dealkylation sites (tertiary alicyclic amines) is 1. The Balaban J connectivity index is 1.81. The molecule has 5 heteroatoms. The van der Waals surface area contributed by atoms with Crippen LogP contribution in [0.25, 0.3) is 0 Å². The Morgan fingerprint density at radius 1 is 1.44 bits per heavy atom. The quantitative estimate of drug-likeness (QED) is 0.830. The van der Waals surface area contributed by atoms with Crippen molar-refractivity contribution in [1.82, 2.24) is 20.4 Å². The molecule has 0 bridgehead atoms. The second-order valence-corrected chi connectivity index (χ2v) is 5.01. The first kappa shape index (κ1) is 13.5. The van der Waals surface area contributed by atoms with Gasteiger partial charge in [0.05, 0.1) is 6.54 Å². The van der Waals surface area contributed by atoms with Crippen LogP contribution in [0.5, 0.6) is 0 Å². The largest absolute Gasteiger partial charge is 0.338 e. The number of hydrogen-bond acceptors (Lipinski definition) is 5. The Morgan fingerprint density at radius 2 is 2.33 bits per heavy atom. The van der Waals surface area contributed by atoms with E-state index in [0.29, 0.717) is 0 Å². The summed E-state index contributed by atoms with van der Waals surface area (Å²) in [6.45, 7) is 9.46. The fourth-order valence-corrected chi connectivity index (χ4v) is 2.50. The van der Waals surface area contributed by atoms with Gasteiger partial charge in [0.25, 0.3) is 0 Å². The molecule has 1 aromatic rings. The van der Waals surface area contributed by atoms with Gasteiger partial charge in [-0.3, -0.25) is 4.90 Å². The molecule has 1 fully saturated rings. The van der Waals surface area contributed by atoms with Crippen LogP contribution in [0.1, 0.15) is 38.4 Å². The lowest BCUT2D eigenvalue weighted by Gasteiger charge is -2.31. The van der Waals surface area contributed by atoms with Gasteiger partial charge in [0, 0.05) is 13.0 Å². The van der Waals surface area contributed by atoms with E-state index < -0.39 is 0 Å². The molecule has 0 aromatic carbocycles. The van der Waals surface area contributed by atoms with E-state index in [9.17, 15) is 0 Å². The number of rotatable bonds is 6. The second kappa shape index (κ2) is 6.85. The van der Waals surface area contributed by atoms with Crippen LogP contribution in [0.2, 0.25) is 0 Å². The lowest BCUT2D eigenvalue weighted by atomic mass is 9.98. The van der Waals surface area contributed by atoms with Crippen LogP contribution in [0.4, 0.5) is 0 Å². The van der Waals surface area contributed by atoms with E-state index >= 15 is 0 Å². The van der Waals surface area contributed by atoms with Gasteiger partial charge < -0.3 is 9.84 Å². The third kappa shape index (κ3) is 3.78. The molecule has 1 N–H and O–H groups in total. The van der Waals surface area contributed by atoms with Crippen LogP contribution in [-0.4, -0.2) is 41.2 Å². The average molecular weight is 252 g/mol. The van der Waals surface area contributed by atoms with Gasteiger partial charge in [-0.15, -0.1) is 0 Å². The summed E-state index contributed by atoms with van der Waals surface area (Å²) < 4.78 is 5.26. The summed E-state index contributed by atoms with van der Waals surface area (Å²) in [5.74, 6) is 2.33. The van der Waals surface area contributed by atoms with Crippen LogP contribution in [0.15, 0.2) is 4.52 Å². The highest BCUT2D eigenvalue weighted by Gasteiger charge is 2.21. The molecule has 1 atom stereocenters. The molecule has 18 heavy (non-hydrogen) atoms. The maximum atomic E-state index is 5.26. The van der Waals surface area contributed by atoms with Crippen LogP contribution in [-0.2, 0) is 13.0 Å². The lowest BCUT2D eigenvalue weighted by Crippen LogP contribution is -2.39. The predicted octanol–water partition coefficient (Wildman–Crippen LogP) is 1.45. The van der Waals surface area contributed by atoms with E-state index in [0.717, 1.165) is 56.8 Å². The molecule has 1 aliphatic heterocycles. The summed E-state index contributed by atoms with van der Waals surface area (Å²) in [6, 6.07) is 0. The Bertz CT molecular complexity index is 353. The molecule has 0 radical (unpaired) electrons. The minimum absolute atomic E-state index is 0.757. The molecule has 1 saturated heterocycles. The molecule has 1 aromatic heterocycles. The first-order valence-electron chi connectivity index (χ1n) is 7.06. The SMILES string of the molecule is CCNCC1CCCN(Cc2nc(CC)no2)C1. The Hall–Kier alpha value is -0.940. The van der Waals surface area contributed by atoms with E-state index in [1.807, 2.05) is 6.92 Å². The van der Waals surface area contributed by atoms with E-state index in [-0.39, 0.29) is 0 Å². The van der Waals surface area contributed by atoms with E-state index in [4.69, 9.17) is 4.52 Å². The van der Waals surface area contributed by atoms with Crippen molar-refractivity contribution in [2.45, 2.75) is 39.7 Å². The molecule has 102 valence electrons. The molecule has 2 heterocycles. The molecule has 0 spiro atoms. The zero-order chi connectivity index (χ0) is 12.8. The van der Waals surface area contributed by atoms with Gasteiger partial charge in [-0.25, -0.2) is 0 Å². The molecule has 1 aliphatic rings. The average Bonchev–Trinajstić information content (AvgIpc) is 2.84. The van der Waals surface area contributed by atoms with E-state index in [2.05, 4.69) is 27.3 Å². The fourth-order valence-electron chi connectivity index (χ4n) is 2.50. The van der Waals surface area contributed by atoms with Crippen molar-refractivity contribution in [3.8, 4) is 0 Å². The number of piperidine rings is 1. The number of nitrogens with one attached hydrogen (secondary N) is 1. The van der Waals surface area contributed by atoms with Crippen molar-refractivity contribution in [1.29, 1.82) is 0 Å². The van der Waals surface area contributed by atoms with Gasteiger partial charge in [-0.05, 0) is 38.4 Å². The molecular formula is C13H24N4O. The Labute approximate surface area is 109 Å². The van der Waals surface area contributed by atoms with Crippen LogP contribution in [0, 0.1) is 5.92 Å². The summed E-state index contributed by atoms with van der Waals surface area (Å²) in [7, 11) is 0. The van der Waals surface area contributed by atoms with Crippen LogP contribution >= 0.6 is 0 Å². The summed E-state index contributed by atoms with van der Waals surface area (Å²) in [4.78, 5) is 6.80. The van der Waals surface area contributed by atoms with Gasteiger partial charge in [0.15, 0.2) is 5.82 Å². The maximum absolute atomic E-state index is 5.26. The molecular weight excluding hydrogens is 228 g/mol. The van der Waals surface area contributed by atoms with Crippen molar-refractivity contribution in [2.24, 2.45) is 5.92 Å². The lowest BCUT2D eigenvalue weighted by molar-refractivity contribution is 0.149. The minimum atomic E-state index is 0.757. The second-order valence-electron chi connectivity index (χ2n) is 5.01. The first-order valence-corrected chi connectivity index (χ1v) is 7.06. The fraction of sp³-hybridized carbons (Fsp3) is 0.846. The maximum Gasteiger partial charge on any atom is 0.240 e. The third-order valence-electron chi connectivity index (χ3n) is 3.47. The first-order chi connectivity index (χ1) is 8.81. The molecule has 1 unspecified atom stereocenters. The summed E-state index contributed by atoms with van der Waals surface area (Å²) in [6.07, 6.45) is 3.44. The highest BCUT2D eigenvalue weighted by molar-refractivity contribution is 4.87. The minimum Gasteiger partial charge on any atom is -0.338 e. The highest BCUT2D eigenvalue weighted by Crippen LogP contribution is 2.17. The van der Waals surface area contributed by atoms with Crippen molar-refractivity contribution in [3.05, 3.63) is 11.7 Å². The van der Waals surface area contributed by atoms with Crippen molar-refractivity contribution in [3.63, 3.8) is 0 Å². The van der Waals surface area contributed by atoms with Crippen molar-refractivity contribution < 1.29 is 4.52 Å². The monoisotopic (exact) mass is 252 g/mol. The number of aryl methyl sites for hydroxylation is 1.